The third kappa shape index (κ3) is 4.94. The number of carbonyl (C=O) groups excluding carboxylic acids is 2. The van der Waals surface area contributed by atoms with Crippen molar-refractivity contribution < 1.29 is 14.7 Å². The Labute approximate surface area is 211 Å². The number of nitrogens with one attached hydrogen (secondary N) is 3. The van der Waals surface area contributed by atoms with Crippen molar-refractivity contribution in [1.82, 2.24) is 15.5 Å². The van der Waals surface area contributed by atoms with Gasteiger partial charge in [0, 0.05) is 22.0 Å². The minimum absolute atomic E-state index is 0.0103. The van der Waals surface area contributed by atoms with Crippen LogP contribution in [0.3, 0.4) is 0 Å². The second kappa shape index (κ2) is 9.93. The summed E-state index contributed by atoms with van der Waals surface area (Å²) in [5, 5.41) is 23.9. The van der Waals surface area contributed by atoms with Crippen molar-refractivity contribution in [3.05, 3.63) is 86.9 Å². The standard InChI is InChI=1S/C26H23ClN4O3S/c27-16-10-11-21(32)18(12-16)19-13-20(31-30-19)24(33)29-26-23(17-8-4-5-9-22(17)35-26)25(34)28-14-15-6-2-1-3-7-15/h1-3,6-7,10-13,32H,4-5,8-9,14H2,(H,28,34)(H,29,33)(H,30,31). The van der Waals surface area contributed by atoms with E-state index < -0.39 is 5.91 Å². The number of aromatic amines is 1. The lowest BCUT2D eigenvalue weighted by Crippen LogP contribution is -2.25. The van der Waals surface area contributed by atoms with Gasteiger partial charge >= 0.3 is 0 Å². The number of amides is 2. The van der Waals surface area contributed by atoms with Crippen LogP contribution in [0.25, 0.3) is 11.3 Å². The smallest absolute Gasteiger partial charge is 0.274 e. The molecule has 0 saturated heterocycles. The Morgan fingerprint density at radius 1 is 1.06 bits per heavy atom. The predicted octanol–water partition coefficient (Wildman–Crippen LogP) is 5.56. The first-order chi connectivity index (χ1) is 17.0. The average Bonchev–Trinajstić information content (AvgIpc) is 3.50. The van der Waals surface area contributed by atoms with E-state index >= 15 is 0 Å². The number of rotatable bonds is 6. The lowest BCUT2D eigenvalue weighted by molar-refractivity contribution is 0.0951. The number of hydrogen-bond donors (Lipinski definition) is 4. The summed E-state index contributed by atoms with van der Waals surface area (Å²) in [6.45, 7) is 0.407. The van der Waals surface area contributed by atoms with Gasteiger partial charge in [0.05, 0.1) is 11.3 Å². The summed E-state index contributed by atoms with van der Waals surface area (Å²) in [7, 11) is 0. The van der Waals surface area contributed by atoms with E-state index in [2.05, 4.69) is 20.8 Å². The number of phenols is 1. The van der Waals surface area contributed by atoms with Gasteiger partial charge in [-0.25, -0.2) is 0 Å². The highest BCUT2D eigenvalue weighted by Gasteiger charge is 2.27. The number of H-pyrrole nitrogens is 1. The number of carbonyl (C=O) groups is 2. The molecule has 2 aromatic carbocycles. The molecule has 35 heavy (non-hydrogen) atoms. The second-order valence-electron chi connectivity index (χ2n) is 8.37. The zero-order valence-electron chi connectivity index (χ0n) is 18.7. The third-order valence-electron chi connectivity index (χ3n) is 5.98. The Morgan fingerprint density at radius 3 is 2.69 bits per heavy atom. The maximum Gasteiger partial charge on any atom is 0.274 e. The van der Waals surface area contributed by atoms with Gasteiger partial charge in [0.2, 0.25) is 0 Å². The molecule has 1 aliphatic rings. The molecule has 0 fully saturated rings. The number of fused-ring (bicyclic) bond motifs is 1. The summed E-state index contributed by atoms with van der Waals surface area (Å²) in [6.07, 6.45) is 3.80. The minimum Gasteiger partial charge on any atom is -0.507 e. The summed E-state index contributed by atoms with van der Waals surface area (Å²) < 4.78 is 0. The van der Waals surface area contributed by atoms with Gasteiger partial charge in [0.25, 0.3) is 11.8 Å². The molecule has 5 rings (SSSR count). The Balaban J connectivity index is 1.39. The van der Waals surface area contributed by atoms with Crippen LogP contribution < -0.4 is 10.6 Å². The minimum atomic E-state index is -0.416. The lowest BCUT2D eigenvalue weighted by atomic mass is 9.95. The SMILES string of the molecule is O=C(Nc1sc2c(c1C(=O)NCc1ccccc1)CCCC2)c1cc(-c2cc(Cl)ccc2O)n[nH]1. The first-order valence-electron chi connectivity index (χ1n) is 11.3. The van der Waals surface area contributed by atoms with Crippen LogP contribution in [0.5, 0.6) is 5.75 Å². The van der Waals surface area contributed by atoms with Gasteiger partial charge < -0.3 is 15.7 Å². The maximum atomic E-state index is 13.2. The Morgan fingerprint density at radius 2 is 1.86 bits per heavy atom. The molecule has 2 heterocycles. The van der Waals surface area contributed by atoms with Gasteiger partial charge in [-0.05, 0) is 61.1 Å². The number of benzene rings is 2. The van der Waals surface area contributed by atoms with E-state index in [1.807, 2.05) is 30.3 Å². The molecule has 0 saturated carbocycles. The van der Waals surface area contributed by atoms with Crippen molar-refractivity contribution in [1.29, 1.82) is 0 Å². The zero-order valence-corrected chi connectivity index (χ0v) is 20.3. The molecule has 0 unspecified atom stereocenters. The largest absolute Gasteiger partial charge is 0.507 e. The number of hydrogen-bond acceptors (Lipinski definition) is 5. The van der Waals surface area contributed by atoms with Gasteiger partial charge in [-0.15, -0.1) is 11.3 Å². The van der Waals surface area contributed by atoms with Crippen LogP contribution in [-0.4, -0.2) is 27.1 Å². The summed E-state index contributed by atoms with van der Waals surface area (Å²) >= 11 is 7.50. The first-order valence-corrected chi connectivity index (χ1v) is 12.5. The van der Waals surface area contributed by atoms with Crippen molar-refractivity contribution >= 4 is 39.8 Å². The van der Waals surface area contributed by atoms with E-state index in [-0.39, 0.29) is 17.4 Å². The quantitative estimate of drug-likeness (QED) is 0.274. The molecule has 0 aliphatic heterocycles. The second-order valence-corrected chi connectivity index (χ2v) is 9.91. The lowest BCUT2D eigenvalue weighted by Gasteiger charge is -2.13. The molecule has 4 aromatic rings. The topological polar surface area (TPSA) is 107 Å². The highest BCUT2D eigenvalue weighted by Crippen LogP contribution is 2.38. The Hall–Kier alpha value is -3.62. The van der Waals surface area contributed by atoms with Gasteiger partial charge in [0.1, 0.15) is 16.4 Å². The molecule has 0 bridgehead atoms. The average molecular weight is 507 g/mol. The van der Waals surface area contributed by atoms with Crippen molar-refractivity contribution in [2.75, 3.05) is 5.32 Å². The van der Waals surface area contributed by atoms with Crippen LogP contribution in [0.2, 0.25) is 5.02 Å². The molecular formula is C26H23ClN4O3S. The van der Waals surface area contributed by atoms with E-state index in [9.17, 15) is 14.7 Å². The summed E-state index contributed by atoms with van der Waals surface area (Å²) in [5.41, 5.74) is 3.59. The highest BCUT2D eigenvalue weighted by molar-refractivity contribution is 7.17. The van der Waals surface area contributed by atoms with E-state index in [4.69, 9.17) is 11.6 Å². The first kappa shape index (κ1) is 23.1. The number of anilines is 1. The molecule has 0 spiro atoms. The number of thiophene rings is 1. The molecular weight excluding hydrogens is 484 g/mol. The monoisotopic (exact) mass is 506 g/mol. The van der Waals surface area contributed by atoms with Crippen LogP contribution in [-0.2, 0) is 19.4 Å². The fraction of sp³-hybridized carbons (Fsp3) is 0.192. The predicted molar refractivity (Wildman–Crippen MR) is 137 cm³/mol. The van der Waals surface area contributed by atoms with Gasteiger partial charge in [-0.1, -0.05) is 41.9 Å². The Bertz CT molecular complexity index is 1400. The molecule has 1 aliphatic carbocycles. The van der Waals surface area contributed by atoms with Crippen LogP contribution in [0.15, 0.2) is 54.6 Å². The van der Waals surface area contributed by atoms with Crippen LogP contribution in [0, 0.1) is 0 Å². The van der Waals surface area contributed by atoms with Gasteiger partial charge in [-0.3, -0.25) is 14.7 Å². The third-order valence-corrected chi connectivity index (χ3v) is 7.42. The van der Waals surface area contributed by atoms with Crippen LogP contribution >= 0.6 is 22.9 Å². The summed E-state index contributed by atoms with van der Waals surface area (Å²) in [4.78, 5) is 27.5. The summed E-state index contributed by atoms with van der Waals surface area (Å²) in [5.74, 6) is -0.602. The normalized spacial score (nSPS) is 12.7. The van der Waals surface area contributed by atoms with Crippen molar-refractivity contribution in [3.63, 3.8) is 0 Å². The number of nitrogens with zero attached hydrogens (tertiary/aromatic N) is 1. The molecule has 0 atom stereocenters. The van der Waals surface area contributed by atoms with E-state index in [1.165, 1.54) is 17.4 Å². The number of aryl methyl sites for hydroxylation is 1. The van der Waals surface area contributed by atoms with Gasteiger partial charge in [-0.2, -0.15) is 5.10 Å². The van der Waals surface area contributed by atoms with Crippen LogP contribution in [0.1, 0.15) is 49.7 Å². The van der Waals surface area contributed by atoms with E-state index in [0.29, 0.717) is 33.4 Å². The van der Waals surface area contributed by atoms with Crippen LogP contribution in [0.4, 0.5) is 5.00 Å². The summed E-state index contributed by atoms with van der Waals surface area (Å²) in [6, 6.07) is 15.9. The molecule has 0 radical (unpaired) electrons. The number of aromatic nitrogens is 2. The molecule has 2 aromatic heterocycles. The molecule has 9 heteroatoms. The molecule has 7 nitrogen and oxygen atoms in total. The fourth-order valence-electron chi connectivity index (χ4n) is 4.22. The molecule has 2 amide bonds. The number of phenolic OH excluding ortho intramolecular Hbond substituents is 1. The zero-order chi connectivity index (χ0) is 24.4. The molecule has 178 valence electrons. The van der Waals surface area contributed by atoms with Crippen molar-refractivity contribution in [3.8, 4) is 17.0 Å². The Kier molecular flexibility index (Phi) is 6.57. The number of halogens is 1. The van der Waals surface area contributed by atoms with E-state index in [1.54, 1.807) is 18.2 Å². The molecule has 4 N–H and O–H groups in total. The van der Waals surface area contributed by atoms with Gasteiger partial charge in [0.15, 0.2) is 0 Å². The number of aromatic hydroxyl groups is 1. The van der Waals surface area contributed by atoms with E-state index in [0.717, 1.165) is 41.7 Å². The van der Waals surface area contributed by atoms with Crippen molar-refractivity contribution in [2.24, 2.45) is 0 Å². The maximum absolute atomic E-state index is 13.2. The fourth-order valence-corrected chi connectivity index (χ4v) is 5.67. The van der Waals surface area contributed by atoms with Crippen molar-refractivity contribution in [2.45, 2.75) is 32.2 Å². The highest BCUT2D eigenvalue weighted by atomic mass is 35.5.